The molecule has 2 aromatic rings. The normalized spacial score (nSPS) is 14.9. The number of amides is 2. The first kappa shape index (κ1) is 13.0. The van der Waals surface area contributed by atoms with Crippen LogP contribution in [0.5, 0.6) is 0 Å². The molecule has 2 N–H and O–H groups in total. The third-order valence-corrected chi connectivity index (χ3v) is 3.83. The van der Waals surface area contributed by atoms with Crippen molar-refractivity contribution in [1.29, 1.82) is 0 Å². The minimum Gasteiger partial charge on any atom is -0.324 e. The number of benzene rings is 1. The number of hydrogen-bond acceptors (Lipinski definition) is 2. The minimum atomic E-state index is -0.0817. The molecule has 0 unspecified atom stereocenters. The average Bonchev–Trinajstić information content (AvgIpc) is 2.88. The van der Waals surface area contributed by atoms with Crippen LogP contribution in [0.3, 0.4) is 0 Å². The van der Waals surface area contributed by atoms with Gasteiger partial charge in [0.25, 0.3) is 0 Å². The topological polar surface area (TPSA) is 61.0 Å². The van der Waals surface area contributed by atoms with Gasteiger partial charge in [0.2, 0.25) is 0 Å². The van der Waals surface area contributed by atoms with Gasteiger partial charge in [-0.3, -0.25) is 5.10 Å². The van der Waals surface area contributed by atoms with Gasteiger partial charge in [0, 0.05) is 24.3 Å². The van der Waals surface area contributed by atoms with E-state index in [-0.39, 0.29) is 6.03 Å². The third-order valence-electron chi connectivity index (χ3n) is 3.46. The lowest BCUT2D eigenvalue weighted by Gasteiger charge is -2.39. The molecule has 104 valence electrons. The molecule has 0 spiro atoms. The molecule has 0 bridgehead atoms. The van der Waals surface area contributed by atoms with Crippen LogP contribution < -0.4 is 5.32 Å². The van der Waals surface area contributed by atoms with E-state index in [4.69, 9.17) is 11.6 Å². The Bertz CT molecular complexity index is 593. The zero-order chi connectivity index (χ0) is 13.9. The maximum Gasteiger partial charge on any atom is 0.321 e. The van der Waals surface area contributed by atoms with Gasteiger partial charge in [0.05, 0.1) is 11.9 Å². The Balaban J connectivity index is 1.49. The second-order valence-electron chi connectivity index (χ2n) is 4.98. The fraction of sp³-hybridized carbons (Fsp3) is 0.286. The van der Waals surface area contributed by atoms with E-state index in [0.717, 1.165) is 30.1 Å². The lowest BCUT2D eigenvalue weighted by Crippen LogP contribution is -2.52. The largest absolute Gasteiger partial charge is 0.324 e. The number of H-pyrrole nitrogens is 1. The smallest absolute Gasteiger partial charge is 0.321 e. The van der Waals surface area contributed by atoms with Crippen LogP contribution in [0, 0.1) is 5.92 Å². The molecule has 0 atom stereocenters. The molecule has 1 aromatic heterocycles. The van der Waals surface area contributed by atoms with Gasteiger partial charge in [-0.05, 0) is 24.0 Å². The second-order valence-corrected chi connectivity index (χ2v) is 5.39. The van der Waals surface area contributed by atoms with Crippen LogP contribution in [-0.4, -0.2) is 34.2 Å². The Hall–Kier alpha value is -2.01. The summed E-state index contributed by atoms with van der Waals surface area (Å²) in [5, 5.41) is 10.0. The van der Waals surface area contributed by atoms with Crippen LogP contribution in [0.2, 0.25) is 5.02 Å². The van der Waals surface area contributed by atoms with Crippen LogP contribution >= 0.6 is 11.6 Å². The van der Waals surface area contributed by atoms with Crippen LogP contribution in [0.1, 0.15) is 5.56 Å². The molecule has 20 heavy (non-hydrogen) atoms. The van der Waals surface area contributed by atoms with Crippen LogP contribution in [0.4, 0.5) is 10.5 Å². The van der Waals surface area contributed by atoms with Gasteiger partial charge in [-0.2, -0.15) is 5.10 Å². The maximum atomic E-state index is 11.9. The second kappa shape index (κ2) is 5.54. The van der Waals surface area contributed by atoms with E-state index in [2.05, 4.69) is 15.5 Å². The van der Waals surface area contributed by atoms with Crippen LogP contribution in [0.25, 0.3) is 0 Å². The number of likely N-dealkylation sites (tertiary alicyclic amines) is 1. The highest BCUT2D eigenvalue weighted by Crippen LogP contribution is 2.25. The zero-order valence-corrected chi connectivity index (χ0v) is 11.6. The van der Waals surface area contributed by atoms with Gasteiger partial charge in [-0.1, -0.05) is 29.8 Å². The Labute approximate surface area is 121 Å². The van der Waals surface area contributed by atoms with E-state index in [1.165, 1.54) is 0 Å². The Morgan fingerprint density at radius 3 is 2.95 bits per heavy atom. The van der Waals surface area contributed by atoms with Crippen molar-refractivity contribution in [2.45, 2.75) is 6.42 Å². The van der Waals surface area contributed by atoms with Crippen LogP contribution in [-0.2, 0) is 6.42 Å². The molecule has 1 aromatic carbocycles. The Kier molecular flexibility index (Phi) is 3.60. The monoisotopic (exact) mass is 290 g/mol. The predicted octanol–water partition coefficient (Wildman–Crippen LogP) is 2.77. The first-order valence-electron chi connectivity index (χ1n) is 6.50. The standard InChI is InChI=1S/C14H15ClN4O/c15-13-4-2-1-3-11(13)5-10-8-19(9-10)14(20)18-12-6-16-17-7-12/h1-4,6-7,10H,5,8-9H2,(H,16,17)(H,18,20). The van der Waals surface area contributed by atoms with Crippen molar-refractivity contribution < 1.29 is 4.79 Å². The summed E-state index contributed by atoms with van der Waals surface area (Å²) >= 11 is 6.14. The number of aromatic nitrogens is 2. The molecule has 2 heterocycles. The zero-order valence-electron chi connectivity index (χ0n) is 10.8. The van der Waals surface area contributed by atoms with Gasteiger partial charge < -0.3 is 10.2 Å². The summed E-state index contributed by atoms with van der Waals surface area (Å²) in [6, 6.07) is 7.78. The first-order chi connectivity index (χ1) is 9.72. The number of halogens is 1. The molecule has 0 radical (unpaired) electrons. The predicted molar refractivity (Wildman–Crippen MR) is 77.8 cm³/mol. The number of hydrogen-bond donors (Lipinski definition) is 2. The van der Waals surface area contributed by atoms with Crippen molar-refractivity contribution >= 4 is 23.3 Å². The first-order valence-corrected chi connectivity index (χ1v) is 6.88. The molecule has 1 fully saturated rings. The summed E-state index contributed by atoms with van der Waals surface area (Å²) in [5.41, 5.74) is 1.83. The molecule has 0 aliphatic carbocycles. The number of aromatic amines is 1. The van der Waals surface area contributed by atoms with Crippen molar-refractivity contribution in [2.75, 3.05) is 18.4 Å². The highest BCUT2D eigenvalue weighted by atomic mass is 35.5. The van der Waals surface area contributed by atoms with E-state index in [0.29, 0.717) is 11.6 Å². The minimum absolute atomic E-state index is 0.0817. The van der Waals surface area contributed by atoms with E-state index in [1.807, 2.05) is 24.3 Å². The number of carbonyl (C=O) groups is 1. The van der Waals surface area contributed by atoms with Gasteiger partial charge in [0.1, 0.15) is 0 Å². The van der Waals surface area contributed by atoms with Crippen molar-refractivity contribution in [2.24, 2.45) is 5.92 Å². The van der Waals surface area contributed by atoms with Crippen molar-refractivity contribution in [3.8, 4) is 0 Å². The Morgan fingerprint density at radius 1 is 1.45 bits per heavy atom. The summed E-state index contributed by atoms with van der Waals surface area (Å²) in [4.78, 5) is 13.7. The number of carbonyl (C=O) groups excluding carboxylic acids is 1. The molecule has 2 amide bonds. The van der Waals surface area contributed by atoms with E-state index < -0.39 is 0 Å². The fourth-order valence-corrected chi connectivity index (χ4v) is 2.57. The average molecular weight is 291 g/mol. The number of rotatable bonds is 3. The Morgan fingerprint density at radius 2 is 2.25 bits per heavy atom. The molecule has 1 aliphatic heterocycles. The quantitative estimate of drug-likeness (QED) is 0.913. The molecule has 5 nitrogen and oxygen atoms in total. The third kappa shape index (κ3) is 2.77. The molecule has 0 saturated carbocycles. The SMILES string of the molecule is O=C(Nc1cn[nH]c1)N1CC(Cc2ccccc2Cl)C1. The summed E-state index contributed by atoms with van der Waals surface area (Å²) in [6.45, 7) is 1.52. The number of nitrogens with zero attached hydrogens (tertiary/aromatic N) is 2. The van der Waals surface area contributed by atoms with Gasteiger partial charge in [-0.15, -0.1) is 0 Å². The van der Waals surface area contributed by atoms with Crippen LogP contribution in [0.15, 0.2) is 36.7 Å². The molecule has 1 aliphatic rings. The fourth-order valence-electron chi connectivity index (χ4n) is 2.36. The molecular weight excluding hydrogens is 276 g/mol. The number of nitrogens with one attached hydrogen (secondary N) is 2. The lowest BCUT2D eigenvalue weighted by atomic mass is 9.92. The van der Waals surface area contributed by atoms with E-state index >= 15 is 0 Å². The van der Waals surface area contributed by atoms with Gasteiger partial charge in [-0.25, -0.2) is 4.79 Å². The molecule has 3 rings (SSSR count). The van der Waals surface area contributed by atoms with E-state index in [9.17, 15) is 4.79 Å². The van der Waals surface area contributed by atoms with Crippen molar-refractivity contribution in [3.05, 3.63) is 47.2 Å². The number of anilines is 1. The van der Waals surface area contributed by atoms with E-state index in [1.54, 1.807) is 17.3 Å². The number of urea groups is 1. The lowest BCUT2D eigenvalue weighted by molar-refractivity contribution is 0.131. The molecule has 6 heteroatoms. The maximum absolute atomic E-state index is 11.9. The highest BCUT2D eigenvalue weighted by molar-refractivity contribution is 6.31. The summed E-state index contributed by atoms with van der Waals surface area (Å²) in [7, 11) is 0. The van der Waals surface area contributed by atoms with Crippen molar-refractivity contribution in [1.82, 2.24) is 15.1 Å². The summed E-state index contributed by atoms with van der Waals surface area (Å²) in [5.74, 6) is 0.477. The molecular formula is C14H15ClN4O. The van der Waals surface area contributed by atoms with Crippen molar-refractivity contribution in [3.63, 3.8) is 0 Å². The summed E-state index contributed by atoms with van der Waals surface area (Å²) < 4.78 is 0. The summed E-state index contributed by atoms with van der Waals surface area (Å²) in [6.07, 6.45) is 4.15. The van der Waals surface area contributed by atoms with Gasteiger partial charge >= 0.3 is 6.03 Å². The molecule has 1 saturated heterocycles. The van der Waals surface area contributed by atoms with Gasteiger partial charge in [0.15, 0.2) is 0 Å². The highest BCUT2D eigenvalue weighted by Gasteiger charge is 2.31.